The van der Waals surface area contributed by atoms with Gasteiger partial charge in [0.2, 0.25) is 0 Å². The van der Waals surface area contributed by atoms with Crippen molar-refractivity contribution in [1.29, 1.82) is 0 Å². The molecule has 1 rings (SSSR count). The van der Waals surface area contributed by atoms with Crippen LogP contribution in [0.25, 0.3) is 0 Å². The van der Waals surface area contributed by atoms with E-state index in [9.17, 15) is 4.79 Å². The van der Waals surface area contributed by atoms with Gasteiger partial charge in [-0.15, -0.1) is 0 Å². The molecule has 0 aliphatic heterocycles. The van der Waals surface area contributed by atoms with Gasteiger partial charge >= 0.3 is 77.3 Å². The van der Waals surface area contributed by atoms with Crippen molar-refractivity contribution < 1.29 is 34.0 Å². The molecular weight excluding hydrogens is 317 g/mol. The van der Waals surface area contributed by atoms with Crippen molar-refractivity contribution in [1.82, 2.24) is 0 Å². The molecule has 0 aromatic rings. The van der Waals surface area contributed by atoms with Crippen molar-refractivity contribution >= 4 is 5.97 Å². The average molecular weight is 326 g/mol. The fraction of sp³-hybridized carbons (Fsp3) is 0.571. The number of hydrogen-bond acceptors (Lipinski definition) is 2. The third kappa shape index (κ3) is 2.08. The maximum absolute atomic E-state index is 10.9. The van der Waals surface area contributed by atoms with Crippen molar-refractivity contribution in [3.05, 3.63) is 12.2 Å². The Morgan fingerprint density at radius 2 is 2.50 bits per heavy atom. The van der Waals surface area contributed by atoms with Gasteiger partial charge in [-0.1, -0.05) is 0 Å². The third-order valence-corrected chi connectivity index (χ3v) is 2.81. The first-order valence-corrected chi connectivity index (χ1v) is 5.71. The summed E-state index contributed by atoms with van der Waals surface area (Å²) < 4.78 is 4.79. The van der Waals surface area contributed by atoms with Crippen LogP contribution >= 0.6 is 0 Å². The molecule has 10 heavy (non-hydrogen) atoms. The molecule has 0 heterocycles. The Balaban J connectivity index is 2.46. The number of rotatable bonds is 1. The summed E-state index contributed by atoms with van der Waals surface area (Å²) in [4.78, 5) is 10.9. The summed E-state index contributed by atoms with van der Waals surface area (Å²) in [7, 11) is 0. The van der Waals surface area contributed by atoms with Gasteiger partial charge in [0.25, 0.3) is 0 Å². The first kappa shape index (κ1) is 8.24. The van der Waals surface area contributed by atoms with Gasteiger partial charge in [-0.3, -0.25) is 0 Å². The quantitative estimate of drug-likeness (QED) is 0.537. The molecule has 0 saturated heterocycles. The van der Waals surface area contributed by atoms with E-state index in [4.69, 9.17) is 2.64 Å². The van der Waals surface area contributed by atoms with Crippen LogP contribution in [0.15, 0.2) is 12.2 Å². The van der Waals surface area contributed by atoms with Crippen LogP contribution in [0, 0.1) is 5.92 Å². The number of hydrogen-bond donors (Lipinski definition) is 0. The molecule has 0 fully saturated rings. The Labute approximate surface area is 77.3 Å². The van der Waals surface area contributed by atoms with E-state index in [-0.39, 0.29) is 38.5 Å². The van der Waals surface area contributed by atoms with E-state index < -0.39 is 0 Å². The molecule has 0 aromatic heterocycles. The summed E-state index contributed by atoms with van der Waals surface area (Å²) in [5, 5.41) is 0. The molecule has 1 aliphatic carbocycles. The Morgan fingerprint density at radius 3 is 3.00 bits per heavy atom. The maximum atomic E-state index is 10.9. The van der Waals surface area contributed by atoms with E-state index in [0.29, 0.717) is 0 Å². The summed E-state index contributed by atoms with van der Waals surface area (Å²) in [6, 6.07) is 0. The molecule has 0 spiro atoms. The molecule has 1 aliphatic rings. The van der Waals surface area contributed by atoms with Gasteiger partial charge in [-0.05, 0) is 0 Å². The summed E-state index contributed by atoms with van der Waals surface area (Å²) in [6.07, 6.45) is 7.27. The number of carbonyl (C=O) groups is 1. The predicted octanol–water partition coefficient (Wildman–Crippen LogP) is 1.35. The molecule has 0 N–H and O–H groups in total. The molecule has 51 valence electrons. The Bertz CT molecular complexity index is 154. The Kier molecular flexibility index (Phi) is 3.39. The SMILES string of the molecule is O=C([O][Hg])C1C=CCCC1. The van der Waals surface area contributed by atoms with Gasteiger partial charge in [0.15, 0.2) is 0 Å². The molecule has 0 saturated carbocycles. The van der Waals surface area contributed by atoms with Crippen LogP contribution in [0.3, 0.4) is 0 Å². The first-order valence-electron chi connectivity index (χ1n) is 3.47. The van der Waals surface area contributed by atoms with Gasteiger partial charge in [0, 0.05) is 0 Å². The van der Waals surface area contributed by atoms with Crippen LogP contribution in [0.5, 0.6) is 0 Å². The minimum absolute atomic E-state index is 0.0146. The normalized spacial score (nSPS) is 24.4. The molecular formula is C7H9HgO2. The van der Waals surface area contributed by atoms with Crippen LogP contribution in [0.1, 0.15) is 19.3 Å². The van der Waals surface area contributed by atoms with Gasteiger partial charge in [0.1, 0.15) is 0 Å². The van der Waals surface area contributed by atoms with E-state index >= 15 is 0 Å². The van der Waals surface area contributed by atoms with E-state index in [1.54, 1.807) is 0 Å². The van der Waals surface area contributed by atoms with E-state index in [0.717, 1.165) is 19.3 Å². The van der Waals surface area contributed by atoms with Gasteiger partial charge in [0.05, 0.1) is 0 Å². The Morgan fingerprint density at radius 1 is 1.70 bits per heavy atom. The van der Waals surface area contributed by atoms with Crippen LogP contribution in [0.2, 0.25) is 0 Å². The topological polar surface area (TPSA) is 26.3 Å². The van der Waals surface area contributed by atoms with Gasteiger partial charge in [-0.2, -0.15) is 0 Å². The summed E-state index contributed by atoms with van der Waals surface area (Å²) in [6.45, 7) is 0. The number of allylic oxidation sites excluding steroid dienone is 1. The molecule has 0 radical (unpaired) electrons. The van der Waals surface area contributed by atoms with Crippen molar-refractivity contribution in [2.24, 2.45) is 5.92 Å². The molecule has 0 amide bonds. The molecule has 3 heteroatoms. The second kappa shape index (κ2) is 4.11. The molecule has 1 atom stereocenters. The summed E-state index contributed by atoms with van der Waals surface area (Å²) in [5.74, 6) is 0.0607. The zero-order chi connectivity index (χ0) is 7.40. The molecule has 0 aromatic carbocycles. The average Bonchev–Trinajstić information content (AvgIpc) is 2.05. The van der Waals surface area contributed by atoms with Crippen molar-refractivity contribution in [2.45, 2.75) is 19.3 Å². The first-order chi connectivity index (χ1) is 4.84. The fourth-order valence-electron chi connectivity index (χ4n) is 1.12. The predicted molar refractivity (Wildman–Crippen MR) is 32.6 cm³/mol. The van der Waals surface area contributed by atoms with Crippen LogP contribution in [-0.4, -0.2) is 5.97 Å². The zero-order valence-electron chi connectivity index (χ0n) is 5.88. The van der Waals surface area contributed by atoms with Crippen LogP contribution in [0.4, 0.5) is 0 Å². The Hall–Kier alpha value is 0.145. The van der Waals surface area contributed by atoms with Gasteiger partial charge in [-0.25, -0.2) is 0 Å². The van der Waals surface area contributed by atoms with E-state index in [1.807, 2.05) is 6.08 Å². The van der Waals surface area contributed by atoms with Gasteiger partial charge < -0.3 is 0 Å². The standard InChI is InChI=1S/C7H10O2.Hg/c8-7(9)6-4-2-1-3-5-6;/h2,4,6H,1,3,5H2,(H,8,9);/q;+1/p-1. The summed E-state index contributed by atoms with van der Waals surface area (Å²) >= 11 is 0.158. The summed E-state index contributed by atoms with van der Waals surface area (Å²) in [5.41, 5.74) is 0. The molecule has 1 unspecified atom stereocenters. The number of carbonyl (C=O) groups excluding carboxylic acids is 1. The second-order valence-corrected chi connectivity index (χ2v) is 3.55. The van der Waals surface area contributed by atoms with Crippen LogP contribution in [-0.2, 0) is 34.0 Å². The zero-order valence-corrected chi connectivity index (χ0v) is 11.4. The van der Waals surface area contributed by atoms with E-state index in [2.05, 4.69) is 6.08 Å². The van der Waals surface area contributed by atoms with Crippen molar-refractivity contribution in [2.75, 3.05) is 0 Å². The second-order valence-electron chi connectivity index (χ2n) is 2.43. The third-order valence-electron chi connectivity index (χ3n) is 1.70. The minimum atomic E-state index is -0.0146. The monoisotopic (exact) mass is 327 g/mol. The van der Waals surface area contributed by atoms with Crippen LogP contribution < -0.4 is 0 Å². The molecule has 0 bridgehead atoms. The van der Waals surface area contributed by atoms with Crippen molar-refractivity contribution in [3.8, 4) is 0 Å². The molecule has 2 nitrogen and oxygen atoms in total. The fourth-order valence-corrected chi connectivity index (χ4v) is 1.95. The van der Waals surface area contributed by atoms with Crippen molar-refractivity contribution in [3.63, 3.8) is 0 Å². The van der Waals surface area contributed by atoms with E-state index in [1.165, 1.54) is 0 Å².